The summed E-state index contributed by atoms with van der Waals surface area (Å²) in [5.41, 5.74) is 1.03. The van der Waals surface area contributed by atoms with E-state index in [2.05, 4.69) is 12.2 Å². The van der Waals surface area contributed by atoms with Crippen LogP contribution in [0, 0.1) is 23.1 Å². The number of hydrogen-bond acceptors (Lipinski definition) is 3. The van der Waals surface area contributed by atoms with E-state index in [0.29, 0.717) is 18.5 Å². The Balaban J connectivity index is 1.91. The van der Waals surface area contributed by atoms with E-state index >= 15 is 0 Å². The minimum Gasteiger partial charge on any atom is -0.381 e. The van der Waals surface area contributed by atoms with Gasteiger partial charge < -0.3 is 10.1 Å². The van der Waals surface area contributed by atoms with Gasteiger partial charge in [0.15, 0.2) is 0 Å². The van der Waals surface area contributed by atoms with Crippen LogP contribution in [0.5, 0.6) is 0 Å². The van der Waals surface area contributed by atoms with Gasteiger partial charge in [0.1, 0.15) is 11.9 Å². The second-order valence-electron chi connectivity index (χ2n) is 4.72. The van der Waals surface area contributed by atoms with Crippen LogP contribution in [0.3, 0.4) is 0 Å². The van der Waals surface area contributed by atoms with Gasteiger partial charge in [-0.25, -0.2) is 4.39 Å². The lowest BCUT2D eigenvalue weighted by Crippen LogP contribution is -2.33. The molecule has 1 aromatic carbocycles. The van der Waals surface area contributed by atoms with Crippen LogP contribution >= 0.6 is 0 Å². The predicted molar refractivity (Wildman–Crippen MR) is 66.3 cm³/mol. The fourth-order valence-corrected chi connectivity index (χ4v) is 2.16. The van der Waals surface area contributed by atoms with Crippen LogP contribution in [-0.4, -0.2) is 19.3 Å². The summed E-state index contributed by atoms with van der Waals surface area (Å²) in [5.74, 6) is 0.0828. The minimum atomic E-state index is -0.460. The Labute approximate surface area is 107 Å². The van der Waals surface area contributed by atoms with E-state index < -0.39 is 5.82 Å². The topological polar surface area (TPSA) is 45.0 Å². The molecule has 96 valence electrons. The summed E-state index contributed by atoms with van der Waals surface area (Å²) in [6.07, 6.45) is 1.08. The van der Waals surface area contributed by atoms with Gasteiger partial charge in [0, 0.05) is 19.2 Å². The molecule has 2 unspecified atom stereocenters. The van der Waals surface area contributed by atoms with Gasteiger partial charge in [0.2, 0.25) is 0 Å². The van der Waals surface area contributed by atoms with Crippen molar-refractivity contribution in [3.63, 3.8) is 0 Å². The standard InChI is InChI=1S/C14H17FN2O/c1-10(12-4-5-18-9-12)17-8-11-2-3-14(15)13(6-11)7-16/h2-3,6,10,12,17H,4-5,8-9H2,1H3. The first-order valence-corrected chi connectivity index (χ1v) is 6.20. The third kappa shape index (κ3) is 3.06. The van der Waals surface area contributed by atoms with Crippen LogP contribution in [0.15, 0.2) is 18.2 Å². The van der Waals surface area contributed by atoms with Gasteiger partial charge in [-0.05, 0) is 37.0 Å². The molecule has 0 amide bonds. The first-order valence-electron chi connectivity index (χ1n) is 6.20. The maximum Gasteiger partial charge on any atom is 0.140 e. The van der Waals surface area contributed by atoms with Crippen molar-refractivity contribution in [1.82, 2.24) is 5.32 Å². The number of nitrogens with zero attached hydrogens (tertiary/aromatic N) is 1. The summed E-state index contributed by atoms with van der Waals surface area (Å²) in [4.78, 5) is 0. The largest absolute Gasteiger partial charge is 0.381 e. The van der Waals surface area contributed by atoms with E-state index in [1.807, 2.05) is 6.07 Å². The zero-order valence-electron chi connectivity index (χ0n) is 10.4. The van der Waals surface area contributed by atoms with Crippen molar-refractivity contribution in [2.24, 2.45) is 5.92 Å². The molecule has 1 heterocycles. The van der Waals surface area contributed by atoms with E-state index in [1.165, 1.54) is 6.07 Å². The number of ether oxygens (including phenoxy) is 1. The SMILES string of the molecule is CC(NCc1ccc(F)c(C#N)c1)C1CCOC1. The van der Waals surface area contributed by atoms with Crippen LogP contribution in [0.1, 0.15) is 24.5 Å². The molecule has 1 aliphatic rings. The second-order valence-corrected chi connectivity index (χ2v) is 4.72. The third-order valence-corrected chi connectivity index (χ3v) is 3.45. The van der Waals surface area contributed by atoms with Crippen molar-refractivity contribution in [1.29, 1.82) is 5.26 Å². The Morgan fingerprint density at radius 3 is 3.11 bits per heavy atom. The van der Waals surface area contributed by atoms with Gasteiger partial charge in [-0.2, -0.15) is 5.26 Å². The summed E-state index contributed by atoms with van der Waals surface area (Å²) in [5, 5.41) is 12.2. The lowest BCUT2D eigenvalue weighted by atomic mass is 10.0. The molecule has 0 aromatic heterocycles. The maximum absolute atomic E-state index is 13.2. The molecule has 1 fully saturated rings. The molecule has 1 aromatic rings. The third-order valence-electron chi connectivity index (χ3n) is 3.45. The maximum atomic E-state index is 13.2. The summed E-state index contributed by atoms with van der Waals surface area (Å²) >= 11 is 0. The van der Waals surface area contributed by atoms with Crippen molar-refractivity contribution in [2.75, 3.05) is 13.2 Å². The number of nitrogens with one attached hydrogen (secondary N) is 1. The number of rotatable bonds is 4. The van der Waals surface area contributed by atoms with Gasteiger partial charge in [-0.15, -0.1) is 0 Å². The van der Waals surface area contributed by atoms with Crippen molar-refractivity contribution in [3.8, 4) is 6.07 Å². The van der Waals surface area contributed by atoms with Gasteiger partial charge in [0.05, 0.1) is 12.2 Å². The van der Waals surface area contributed by atoms with Crippen LogP contribution in [0.25, 0.3) is 0 Å². The molecule has 18 heavy (non-hydrogen) atoms. The minimum absolute atomic E-state index is 0.103. The Morgan fingerprint density at radius 2 is 2.44 bits per heavy atom. The van der Waals surface area contributed by atoms with E-state index in [1.54, 1.807) is 12.1 Å². The number of halogens is 1. The Morgan fingerprint density at radius 1 is 1.61 bits per heavy atom. The molecule has 2 atom stereocenters. The molecule has 0 aliphatic carbocycles. The summed E-state index contributed by atoms with van der Waals surface area (Å²) in [6, 6.07) is 6.87. The Hall–Kier alpha value is -1.44. The van der Waals surface area contributed by atoms with Gasteiger partial charge in [-0.3, -0.25) is 0 Å². The molecule has 0 bridgehead atoms. The number of hydrogen-bond donors (Lipinski definition) is 1. The lowest BCUT2D eigenvalue weighted by molar-refractivity contribution is 0.178. The highest BCUT2D eigenvalue weighted by molar-refractivity contribution is 5.34. The lowest BCUT2D eigenvalue weighted by Gasteiger charge is -2.19. The normalized spacial score (nSPS) is 20.6. The molecule has 3 nitrogen and oxygen atoms in total. The average Bonchev–Trinajstić information content (AvgIpc) is 2.91. The quantitative estimate of drug-likeness (QED) is 0.888. The molecular formula is C14H17FN2O. The molecular weight excluding hydrogens is 231 g/mol. The number of benzene rings is 1. The monoisotopic (exact) mass is 248 g/mol. The smallest absolute Gasteiger partial charge is 0.140 e. The second kappa shape index (κ2) is 5.94. The Kier molecular flexibility index (Phi) is 4.29. The Bertz CT molecular complexity index is 450. The highest BCUT2D eigenvalue weighted by Crippen LogP contribution is 2.17. The van der Waals surface area contributed by atoms with Crippen molar-refractivity contribution < 1.29 is 9.13 Å². The molecule has 2 rings (SSSR count). The van der Waals surface area contributed by atoms with Crippen molar-refractivity contribution in [2.45, 2.75) is 25.9 Å². The molecule has 4 heteroatoms. The van der Waals surface area contributed by atoms with Crippen LogP contribution in [-0.2, 0) is 11.3 Å². The van der Waals surface area contributed by atoms with E-state index in [9.17, 15) is 4.39 Å². The highest BCUT2D eigenvalue weighted by atomic mass is 19.1. The van der Waals surface area contributed by atoms with Gasteiger partial charge >= 0.3 is 0 Å². The van der Waals surface area contributed by atoms with E-state index in [0.717, 1.165) is 25.2 Å². The summed E-state index contributed by atoms with van der Waals surface area (Å²) < 4.78 is 18.5. The van der Waals surface area contributed by atoms with Crippen LogP contribution < -0.4 is 5.32 Å². The first-order chi connectivity index (χ1) is 8.70. The van der Waals surface area contributed by atoms with Gasteiger partial charge in [0.25, 0.3) is 0 Å². The molecule has 0 radical (unpaired) electrons. The zero-order chi connectivity index (χ0) is 13.0. The molecule has 0 spiro atoms. The molecule has 0 saturated carbocycles. The molecule has 1 N–H and O–H groups in total. The summed E-state index contributed by atoms with van der Waals surface area (Å²) in [6.45, 7) is 4.42. The molecule has 1 saturated heterocycles. The molecule has 1 aliphatic heterocycles. The fourth-order valence-electron chi connectivity index (χ4n) is 2.16. The average molecular weight is 248 g/mol. The van der Waals surface area contributed by atoms with Gasteiger partial charge in [-0.1, -0.05) is 6.07 Å². The van der Waals surface area contributed by atoms with Crippen molar-refractivity contribution >= 4 is 0 Å². The zero-order valence-corrected chi connectivity index (χ0v) is 10.4. The predicted octanol–water partition coefficient (Wildman–Crippen LogP) is 2.21. The highest BCUT2D eigenvalue weighted by Gasteiger charge is 2.21. The van der Waals surface area contributed by atoms with Crippen molar-refractivity contribution in [3.05, 3.63) is 35.1 Å². The summed E-state index contributed by atoms with van der Waals surface area (Å²) in [7, 11) is 0. The van der Waals surface area contributed by atoms with E-state index in [4.69, 9.17) is 10.00 Å². The number of nitriles is 1. The van der Waals surface area contributed by atoms with Crippen LogP contribution in [0.4, 0.5) is 4.39 Å². The fraction of sp³-hybridized carbons (Fsp3) is 0.500. The van der Waals surface area contributed by atoms with Crippen LogP contribution in [0.2, 0.25) is 0 Å². The van der Waals surface area contributed by atoms with E-state index in [-0.39, 0.29) is 5.56 Å². The first kappa shape index (κ1) is 13.0.